The Bertz CT molecular complexity index is 2480. The fraction of sp³-hybridized carbons (Fsp3) is 0.318. The van der Waals surface area contributed by atoms with E-state index >= 15 is 9.59 Å². The Hall–Kier alpha value is -4.60. The van der Waals surface area contributed by atoms with E-state index in [9.17, 15) is 14.7 Å². The van der Waals surface area contributed by atoms with Gasteiger partial charge in [-0.2, -0.15) is 5.01 Å². The van der Waals surface area contributed by atoms with E-state index in [1.165, 1.54) is 25.2 Å². The lowest BCUT2D eigenvalue weighted by atomic mass is 9.49. The van der Waals surface area contributed by atoms with Crippen LogP contribution in [0.2, 0.25) is 10.0 Å². The molecular formula is C44H38Br2Cl2N4O8. The summed E-state index contributed by atoms with van der Waals surface area (Å²) in [7, 11) is 2.96. The Balaban J connectivity index is 1.21. The van der Waals surface area contributed by atoms with Gasteiger partial charge in [-0.1, -0.05) is 47.0 Å². The number of methoxy groups -OCH3 is 2. The number of ether oxygens (including phenoxy) is 3. The lowest BCUT2D eigenvalue weighted by Crippen LogP contribution is -2.53. The van der Waals surface area contributed by atoms with Gasteiger partial charge in [0.15, 0.2) is 11.5 Å². The van der Waals surface area contributed by atoms with Crippen LogP contribution in [0.25, 0.3) is 0 Å². The van der Waals surface area contributed by atoms with Gasteiger partial charge in [-0.05, 0) is 122 Å². The molecule has 60 heavy (non-hydrogen) atoms. The number of anilines is 3. The molecule has 12 nitrogen and oxygen atoms in total. The molecule has 3 aliphatic heterocycles. The summed E-state index contributed by atoms with van der Waals surface area (Å²) in [6.45, 7) is 2.71. The molecule has 0 aromatic heterocycles. The van der Waals surface area contributed by atoms with Gasteiger partial charge in [0.05, 0.1) is 71.5 Å². The number of fused-ring (bicyclic) bond motifs is 4. The largest absolute Gasteiger partial charge is 0.503 e. The molecule has 310 valence electrons. The molecule has 6 atom stereocenters. The van der Waals surface area contributed by atoms with Gasteiger partial charge in [0.2, 0.25) is 11.8 Å². The number of allylic oxidation sites excluding steroid dienone is 2. The first-order valence-electron chi connectivity index (χ1n) is 19.4. The van der Waals surface area contributed by atoms with E-state index in [-0.39, 0.29) is 51.3 Å². The maximum Gasteiger partial charge on any atom is 0.260 e. The molecule has 3 saturated heterocycles. The van der Waals surface area contributed by atoms with Crippen molar-refractivity contribution in [2.24, 2.45) is 23.7 Å². The van der Waals surface area contributed by atoms with E-state index < -0.39 is 46.8 Å². The van der Waals surface area contributed by atoms with Crippen molar-refractivity contribution in [1.29, 1.82) is 0 Å². The normalized spacial score (nSPS) is 26.1. The smallest absolute Gasteiger partial charge is 0.260 e. The van der Waals surface area contributed by atoms with Gasteiger partial charge in [-0.3, -0.25) is 29.5 Å². The quantitative estimate of drug-likeness (QED) is 0.131. The SMILES string of the molecule is COc1ccc(C23C(=O)N(Nc4ccc(Cl)cc4Cl)C(=O)C2CC2C(=CCC4C(=O)N(c5ccc(N6CCOCC6)cc5)C(=O)C42)C3c2cc(OC)c(O)c(Br)c2Br)cc1. The number of nitrogens with one attached hydrogen (secondary N) is 1. The Morgan fingerprint density at radius 3 is 2.20 bits per heavy atom. The van der Waals surface area contributed by atoms with Crippen LogP contribution in [-0.2, 0) is 29.3 Å². The second-order valence-corrected chi connectivity index (χ2v) is 17.9. The average Bonchev–Trinajstić information content (AvgIpc) is 3.64. The number of benzene rings is 4. The Labute approximate surface area is 372 Å². The van der Waals surface area contributed by atoms with E-state index in [1.54, 1.807) is 54.6 Å². The van der Waals surface area contributed by atoms with Crippen LogP contribution in [0.5, 0.6) is 17.2 Å². The summed E-state index contributed by atoms with van der Waals surface area (Å²) in [6, 6.07) is 20.8. The third-order valence-corrected chi connectivity index (χ3v) is 15.5. The number of morpholine rings is 1. The molecule has 5 aliphatic rings. The van der Waals surface area contributed by atoms with E-state index in [0.29, 0.717) is 45.3 Å². The summed E-state index contributed by atoms with van der Waals surface area (Å²) in [5.41, 5.74) is 4.87. The molecule has 4 amide bonds. The molecule has 1 saturated carbocycles. The van der Waals surface area contributed by atoms with Crippen LogP contribution in [0.3, 0.4) is 0 Å². The number of phenols is 1. The van der Waals surface area contributed by atoms with Crippen molar-refractivity contribution in [2.45, 2.75) is 24.2 Å². The number of halogens is 4. The fourth-order valence-electron chi connectivity index (χ4n) is 10.1. The first kappa shape index (κ1) is 40.8. The van der Waals surface area contributed by atoms with Gasteiger partial charge >= 0.3 is 0 Å². The zero-order valence-electron chi connectivity index (χ0n) is 32.3. The molecule has 0 bridgehead atoms. The molecule has 9 rings (SSSR count). The summed E-state index contributed by atoms with van der Waals surface area (Å²) in [4.78, 5) is 63.6. The van der Waals surface area contributed by atoms with Crippen LogP contribution in [-0.4, -0.2) is 74.3 Å². The maximum atomic E-state index is 15.7. The van der Waals surface area contributed by atoms with Gasteiger partial charge in [-0.25, -0.2) is 0 Å². The van der Waals surface area contributed by atoms with Crippen molar-refractivity contribution in [2.75, 3.05) is 55.7 Å². The van der Waals surface area contributed by atoms with Gasteiger partial charge in [0.25, 0.3) is 11.8 Å². The van der Waals surface area contributed by atoms with Crippen LogP contribution >= 0.6 is 55.1 Å². The number of rotatable bonds is 8. The third-order valence-electron chi connectivity index (χ3n) is 12.8. The first-order chi connectivity index (χ1) is 28.9. The van der Waals surface area contributed by atoms with Crippen LogP contribution < -0.4 is 24.7 Å². The summed E-state index contributed by atoms with van der Waals surface area (Å²) in [5, 5.41) is 12.7. The molecule has 6 unspecified atom stereocenters. The van der Waals surface area contributed by atoms with Crippen molar-refractivity contribution < 1.29 is 38.5 Å². The number of carbonyl (C=O) groups is 4. The minimum Gasteiger partial charge on any atom is -0.503 e. The number of amides is 4. The van der Waals surface area contributed by atoms with Gasteiger partial charge in [0.1, 0.15) is 5.75 Å². The molecular weight excluding hydrogens is 943 g/mol. The molecule has 4 fully saturated rings. The number of hydrazine groups is 1. The molecule has 0 spiro atoms. The highest BCUT2D eigenvalue weighted by Crippen LogP contribution is 2.66. The highest BCUT2D eigenvalue weighted by molar-refractivity contribution is 9.13. The number of hydrogen-bond acceptors (Lipinski definition) is 10. The summed E-state index contributed by atoms with van der Waals surface area (Å²) < 4.78 is 17.4. The first-order valence-corrected chi connectivity index (χ1v) is 21.7. The number of carbonyl (C=O) groups excluding carboxylic acids is 4. The second kappa shape index (κ2) is 15.7. The van der Waals surface area contributed by atoms with Gasteiger partial charge < -0.3 is 24.2 Å². The van der Waals surface area contributed by atoms with Crippen molar-refractivity contribution in [3.8, 4) is 17.2 Å². The van der Waals surface area contributed by atoms with Crippen molar-refractivity contribution >= 4 is 95.8 Å². The summed E-state index contributed by atoms with van der Waals surface area (Å²) in [6.07, 6.45) is 2.27. The summed E-state index contributed by atoms with van der Waals surface area (Å²) in [5.74, 6) is -5.43. The second-order valence-electron chi connectivity index (χ2n) is 15.5. The molecule has 16 heteroatoms. The van der Waals surface area contributed by atoms with Gasteiger partial charge in [0, 0.05) is 34.2 Å². The number of aromatic hydroxyl groups is 1. The standard InChI is InChI=1S/C44H38Br2Cl2N4O8/c1-58-26-10-3-22(4-11-26)44-31(41(55)52(43(44)57)49-33-14-5-23(47)19-32(33)48)20-29-27(36(44)30-21-34(59-2)39(53)38(46)37(30)45)12-13-28-35(29)42(56)51(40(28)54)25-8-6-24(7-9-25)50-15-17-60-18-16-50/h3-12,14,19,21,28-29,31,35-36,49,53H,13,15-18,20H2,1-2H3. The number of phenolic OH excluding ortho intramolecular Hbond substituents is 1. The lowest BCUT2D eigenvalue weighted by Gasteiger charge is -2.51. The topological polar surface area (TPSA) is 138 Å². The molecule has 2 N–H and O–H groups in total. The zero-order chi connectivity index (χ0) is 42.2. The third kappa shape index (κ3) is 6.23. The molecule has 0 radical (unpaired) electrons. The number of nitrogens with zero attached hydrogens (tertiary/aromatic N) is 3. The number of imide groups is 2. The molecule has 3 heterocycles. The van der Waals surface area contributed by atoms with Gasteiger partial charge in [-0.15, -0.1) is 0 Å². The number of hydrogen-bond donors (Lipinski definition) is 2. The van der Waals surface area contributed by atoms with Crippen molar-refractivity contribution in [1.82, 2.24) is 5.01 Å². The van der Waals surface area contributed by atoms with Crippen LogP contribution in [0.15, 0.2) is 93.4 Å². The minimum atomic E-state index is -1.63. The Morgan fingerprint density at radius 1 is 0.833 bits per heavy atom. The highest BCUT2D eigenvalue weighted by Gasteiger charge is 2.70. The van der Waals surface area contributed by atoms with E-state index in [2.05, 4.69) is 42.2 Å². The highest BCUT2D eigenvalue weighted by atomic mass is 79.9. The van der Waals surface area contributed by atoms with E-state index in [4.69, 9.17) is 37.4 Å². The van der Waals surface area contributed by atoms with Crippen LogP contribution in [0.4, 0.5) is 17.1 Å². The van der Waals surface area contributed by atoms with E-state index in [0.717, 1.165) is 29.4 Å². The fourth-order valence-corrected chi connectivity index (χ4v) is 11.5. The maximum absolute atomic E-state index is 15.7. The monoisotopic (exact) mass is 978 g/mol. The van der Waals surface area contributed by atoms with Crippen LogP contribution in [0, 0.1) is 23.7 Å². The average molecular weight is 982 g/mol. The van der Waals surface area contributed by atoms with Crippen molar-refractivity contribution in [3.05, 3.63) is 115 Å². The van der Waals surface area contributed by atoms with Crippen LogP contribution in [0.1, 0.15) is 29.9 Å². The molecule has 2 aliphatic carbocycles. The summed E-state index contributed by atoms with van der Waals surface area (Å²) >= 11 is 20.1. The predicted octanol–water partition coefficient (Wildman–Crippen LogP) is 8.27. The Morgan fingerprint density at radius 2 is 1.53 bits per heavy atom. The van der Waals surface area contributed by atoms with Crippen molar-refractivity contribution in [3.63, 3.8) is 0 Å². The van der Waals surface area contributed by atoms with E-state index in [1.807, 2.05) is 18.2 Å². The minimum absolute atomic E-state index is 0.0729. The predicted molar refractivity (Wildman–Crippen MR) is 233 cm³/mol. The zero-order valence-corrected chi connectivity index (χ0v) is 37.0. The molecule has 4 aromatic carbocycles. The Kier molecular flexibility index (Phi) is 10.7. The lowest BCUT2D eigenvalue weighted by molar-refractivity contribution is -0.138. The molecule has 4 aromatic rings.